The van der Waals surface area contributed by atoms with Gasteiger partial charge in [-0.25, -0.2) is 27.2 Å². The first kappa shape index (κ1) is 30.6. The molecule has 2 aliphatic rings. The number of carbonyl (C=O) groups excluding carboxylic acids is 1. The van der Waals surface area contributed by atoms with Crippen LogP contribution in [0.4, 0.5) is 26.2 Å². The van der Waals surface area contributed by atoms with E-state index in [1.54, 1.807) is 12.1 Å². The molecule has 45 heavy (non-hydrogen) atoms. The van der Waals surface area contributed by atoms with Crippen molar-refractivity contribution in [1.82, 2.24) is 34.7 Å². The van der Waals surface area contributed by atoms with Crippen molar-refractivity contribution in [3.63, 3.8) is 0 Å². The lowest BCUT2D eigenvalue weighted by atomic mass is 10.0. The monoisotopic (exact) mass is 641 g/mol. The first-order valence-corrected chi connectivity index (χ1v) is 16.3. The SMILES string of the molecule is CN1CCC(NC(=O)c2ccc(Nc3ncc4cc(C(F)F)n(Cc5nccnc5N(C)S(C)(=O)=O)c4n3)c3c2CCO3)CC1. The summed E-state index contributed by atoms with van der Waals surface area (Å²) in [5.74, 6) is 0.516. The molecule has 2 aliphatic heterocycles. The van der Waals surface area contributed by atoms with Crippen molar-refractivity contribution in [2.24, 2.45) is 0 Å². The van der Waals surface area contributed by atoms with Crippen LogP contribution in [0.15, 0.2) is 36.8 Å². The number of fused-ring (bicyclic) bond motifs is 2. The number of alkyl halides is 2. The van der Waals surface area contributed by atoms with Gasteiger partial charge in [-0.2, -0.15) is 4.98 Å². The Morgan fingerprint density at radius 2 is 1.93 bits per heavy atom. The first-order valence-electron chi connectivity index (χ1n) is 14.4. The molecule has 0 bridgehead atoms. The Morgan fingerprint density at radius 1 is 1.18 bits per heavy atom. The van der Waals surface area contributed by atoms with Gasteiger partial charge < -0.3 is 24.8 Å². The maximum Gasteiger partial charge on any atom is 0.278 e. The highest BCUT2D eigenvalue weighted by molar-refractivity contribution is 7.92. The van der Waals surface area contributed by atoms with E-state index in [2.05, 4.69) is 42.5 Å². The molecular formula is C29H33F2N9O4S. The molecule has 0 atom stereocenters. The van der Waals surface area contributed by atoms with Crippen LogP contribution in [0.5, 0.6) is 5.75 Å². The predicted molar refractivity (Wildman–Crippen MR) is 164 cm³/mol. The Labute approximate surface area is 258 Å². The van der Waals surface area contributed by atoms with Gasteiger partial charge in [-0.05, 0) is 51.2 Å². The maximum atomic E-state index is 14.2. The standard InChI is InChI=1S/C29H33F2N9O4S/c1-38-11-6-18(7-12-38)35-28(41)20-4-5-21(24-19(20)8-13-44-24)36-29-34-15-17-14-23(25(30)31)40(26(17)37-29)16-22-27(33-10-9-32-22)39(2)45(3,42)43/h4-5,9-10,14-15,18,25H,6-8,11-13,16H2,1-3H3,(H,35,41)(H,34,36,37). The van der Waals surface area contributed by atoms with Gasteiger partial charge in [-0.3, -0.25) is 14.1 Å². The van der Waals surface area contributed by atoms with Crippen LogP contribution in [-0.2, 0) is 23.0 Å². The maximum absolute atomic E-state index is 14.2. The lowest BCUT2D eigenvalue weighted by Crippen LogP contribution is -2.43. The number of benzene rings is 1. The Kier molecular flexibility index (Phi) is 8.26. The van der Waals surface area contributed by atoms with Crippen LogP contribution >= 0.6 is 0 Å². The molecule has 1 aromatic carbocycles. The highest BCUT2D eigenvalue weighted by Gasteiger charge is 2.27. The first-order chi connectivity index (χ1) is 21.5. The highest BCUT2D eigenvalue weighted by atomic mass is 32.2. The molecule has 1 amide bonds. The van der Waals surface area contributed by atoms with Gasteiger partial charge in [0.05, 0.1) is 30.8 Å². The minimum absolute atomic E-state index is 0.0159. The molecule has 1 saturated heterocycles. The van der Waals surface area contributed by atoms with E-state index in [4.69, 9.17) is 4.74 Å². The minimum Gasteiger partial charge on any atom is -0.491 e. The van der Waals surface area contributed by atoms with Crippen LogP contribution in [-0.4, -0.2) is 89.8 Å². The van der Waals surface area contributed by atoms with Crippen molar-refractivity contribution in [1.29, 1.82) is 0 Å². The number of likely N-dealkylation sites (tertiary alicyclic amines) is 1. The summed E-state index contributed by atoms with van der Waals surface area (Å²) in [6.45, 7) is 2.05. The summed E-state index contributed by atoms with van der Waals surface area (Å²) in [6.07, 6.45) is 4.63. The zero-order valence-electron chi connectivity index (χ0n) is 25.0. The lowest BCUT2D eigenvalue weighted by molar-refractivity contribution is 0.0916. The summed E-state index contributed by atoms with van der Waals surface area (Å²) in [4.78, 5) is 32.7. The van der Waals surface area contributed by atoms with Crippen molar-refractivity contribution < 1.29 is 26.7 Å². The molecule has 0 spiro atoms. The fourth-order valence-corrected chi connectivity index (χ4v) is 6.12. The van der Waals surface area contributed by atoms with E-state index in [9.17, 15) is 22.0 Å². The molecule has 6 rings (SSSR count). The largest absolute Gasteiger partial charge is 0.491 e. The van der Waals surface area contributed by atoms with E-state index in [-0.39, 0.29) is 47.3 Å². The second kappa shape index (κ2) is 12.2. The van der Waals surface area contributed by atoms with Gasteiger partial charge in [0.15, 0.2) is 5.82 Å². The third kappa shape index (κ3) is 6.24. The number of nitrogens with zero attached hydrogens (tertiary/aromatic N) is 7. The van der Waals surface area contributed by atoms with E-state index in [1.807, 2.05) is 0 Å². The topological polar surface area (TPSA) is 147 Å². The van der Waals surface area contributed by atoms with Crippen molar-refractivity contribution in [3.05, 3.63) is 59.3 Å². The second-order valence-corrected chi connectivity index (χ2v) is 13.2. The smallest absolute Gasteiger partial charge is 0.278 e. The van der Waals surface area contributed by atoms with Gasteiger partial charge in [-0.15, -0.1) is 0 Å². The van der Waals surface area contributed by atoms with Crippen molar-refractivity contribution >= 4 is 44.4 Å². The van der Waals surface area contributed by atoms with E-state index < -0.39 is 16.4 Å². The van der Waals surface area contributed by atoms with Gasteiger partial charge in [-0.1, -0.05) is 0 Å². The Balaban J connectivity index is 1.30. The van der Waals surface area contributed by atoms with Crippen LogP contribution in [0.1, 0.15) is 46.6 Å². The third-order valence-corrected chi connectivity index (χ3v) is 9.32. The van der Waals surface area contributed by atoms with Gasteiger partial charge in [0, 0.05) is 54.6 Å². The fourth-order valence-electron chi connectivity index (χ4n) is 5.65. The average molecular weight is 642 g/mol. The summed E-state index contributed by atoms with van der Waals surface area (Å²) in [5, 5.41) is 6.64. The zero-order chi connectivity index (χ0) is 31.9. The molecule has 0 radical (unpaired) electrons. The number of anilines is 3. The van der Waals surface area contributed by atoms with E-state index in [1.165, 1.54) is 36.3 Å². The molecule has 5 heterocycles. The second-order valence-electron chi connectivity index (χ2n) is 11.2. The van der Waals surface area contributed by atoms with E-state index >= 15 is 0 Å². The number of hydrogen-bond acceptors (Lipinski definition) is 10. The summed E-state index contributed by atoms with van der Waals surface area (Å²) in [6, 6.07) is 4.87. The number of aromatic nitrogens is 5. The molecule has 16 heteroatoms. The predicted octanol–water partition coefficient (Wildman–Crippen LogP) is 3.11. The Hall–Kier alpha value is -4.44. The van der Waals surface area contributed by atoms with Gasteiger partial charge in [0.1, 0.15) is 17.1 Å². The van der Waals surface area contributed by atoms with Crippen LogP contribution in [0, 0.1) is 0 Å². The number of ether oxygens (including phenoxy) is 1. The van der Waals surface area contributed by atoms with Gasteiger partial charge in [0.2, 0.25) is 16.0 Å². The van der Waals surface area contributed by atoms with Gasteiger partial charge >= 0.3 is 0 Å². The Morgan fingerprint density at radius 3 is 2.67 bits per heavy atom. The summed E-state index contributed by atoms with van der Waals surface area (Å²) < 4.78 is 60.9. The van der Waals surface area contributed by atoms with Crippen molar-refractivity contribution in [2.45, 2.75) is 38.3 Å². The molecule has 4 aromatic rings. The zero-order valence-corrected chi connectivity index (χ0v) is 25.8. The van der Waals surface area contributed by atoms with Crippen molar-refractivity contribution in [3.8, 4) is 5.75 Å². The summed E-state index contributed by atoms with van der Waals surface area (Å²) in [5.41, 5.74) is 1.89. The molecule has 1 fully saturated rings. The third-order valence-electron chi connectivity index (χ3n) is 8.15. The highest BCUT2D eigenvalue weighted by Crippen LogP contribution is 2.38. The van der Waals surface area contributed by atoms with E-state index in [0.29, 0.717) is 35.4 Å². The molecular weight excluding hydrogens is 608 g/mol. The molecule has 0 saturated carbocycles. The van der Waals surface area contributed by atoms with Crippen molar-refractivity contribution in [2.75, 3.05) is 49.7 Å². The fraction of sp³-hybridized carbons (Fsp3) is 0.414. The molecule has 0 unspecified atom stereocenters. The number of sulfonamides is 1. The average Bonchev–Trinajstić information content (AvgIpc) is 3.64. The number of nitrogens with one attached hydrogen (secondary N) is 2. The van der Waals surface area contributed by atoms with Crippen LogP contribution in [0.3, 0.4) is 0 Å². The molecule has 0 aliphatic carbocycles. The van der Waals surface area contributed by atoms with Crippen LogP contribution in [0.2, 0.25) is 0 Å². The number of piperidine rings is 1. The number of halogens is 2. The van der Waals surface area contributed by atoms with Crippen LogP contribution in [0.25, 0.3) is 11.0 Å². The quantitative estimate of drug-likeness (QED) is 0.279. The van der Waals surface area contributed by atoms with Crippen LogP contribution < -0.4 is 19.7 Å². The summed E-state index contributed by atoms with van der Waals surface area (Å²) in [7, 11) is -0.305. The summed E-state index contributed by atoms with van der Waals surface area (Å²) >= 11 is 0. The molecule has 2 N–H and O–H groups in total. The number of carbonyl (C=O) groups is 1. The normalized spacial score (nSPS) is 15.7. The minimum atomic E-state index is -3.69. The lowest BCUT2D eigenvalue weighted by Gasteiger charge is -2.29. The Bertz CT molecular complexity index is 1860. The van der Waals surface area contributed by atoms with E-state index in [0.717, 1.165) is 42.1 Å². The molecule has 3 aromatic heterocycles. The number of amides is 1. The number of hydrogen-bond donors (Lipinski definition) is 2. The molecule has 238 valence electrons. The molecule has 13 nitrogen and oxygen atoms in total. The van der Waals surface area contributed by atoms with Gasteiger partial charge in [0.25, 0.3) is 12.3 Å². The number of rotatable bonds is 9.